The number of aromatic nitrogens is 7. The second-order valence-electron chi connectivity index (χ2n) is 9.21. The molecule has 0 fully saturated rings. The number of rotatable bonds is 5. The smallest absolute Gasteiger partial charge is 0.240 e. The zero-order chi connectivity index (χ0) is 26.1. The Hall–Kier alpha value is -3.70. The number of nitrogens with one attached hydrogen (secondary N) is 1. The molecule has 0 aromatic carbocycles. The average molecular weight is 507 g/mol. The van der Waals surface area contributed by atoms with Crippen molar-refractivity contribution < 1.29 is 14.6 Å². The molecular formula is C26H34N8O3. The maximum absolute atomic E-state index is 9.73. The third-order valence-electron chi connectivity index (χ3n) is 6.81. The fourth-order valence-corrected chi connectivity index (χ4v) is 4.88. The Balaban J connectivity index is 1.71. The first-order valence-corrected chi connectivity index (χ1v) is 12.7. The average Bonchev–Trinajstić information content (AvgIpc) is 3.52. The van der Waals surface area contributed by atoms with E-state index in [0.29, 0.717) is 38.1 Å². The van der Waals surface area contributed by atoms with Gasteiger partial charge in [-0.15, -0.1) is 5.10 Å². The lowest BCUT2D eigenvalue weighted by molar-refractivity contribution is 0.136. The van der Waals surface area contributed by atoms with Gasteiger partial charge in [-0.25, -0.2) is 4.68 Å². The molecule has 1 aliphatic rings. The van der Waals surface area contributed by atoms with E-state index in [9.17, 15) is 5.11 Å². The lowest BCUT2D eigenvalue weighted by atomic mass is 10.1. The molecule has 0 amide bonds. The number of H-pyrrole nitrogens is 1. The molecule has 5 rings (SSSR count). The second kappa shape index (κ2) is 10.3. The number of aryl methyl sites for hydroxylation is 2. The highest BCUT2D eigenvalue weighted by atomic mass is 16.5. The lowest BCUT2D eigenvalue weighted by Crippen LogP contribution is -2.37. The van der Waals surface area contributed by atoms with Crippen LogP contribution in [-0.4, -0.2) is 77.2 Å². The Bertz CT molecular complexity index is 1430. The topological polar surface area (TPSA) is 119 Å². The predicted molar refractivity (Wildman–Crippen MR) is 141 cm³/mol. The first kappa shape index (κ1) is 25.0. The zero-order valence-corrected chi connectivity index (χ0v) is 22.0. The molecule has 0 saturated carbocycles. The molecule has 1 aliphatic heterocycles. The van der Waals surface area contributed by atoms with Crippen molar-refractivity contribution in [1.29, 1.82) is 0 Å². The van der Waals surface area contributed by atoms with Gasteiger partial charge in [0.2, 0.25) is 11.8 Å². The number of nitrogens with zero attached hydrogens (tertiary/aromatic N) is 7. The van der Waals surface area contributed by atoms with Gasteiger partial charge in [0, 0.05) is 25.0 Å². The molecule has 4 aromatic heterocycles. The summed E-state index contributed by atoms with van der Waals surface area (Å²) in [6.45, 7) is 10.9. The first-order valence-electron chi connectivity index (χ1n) is 12.7. The van der Waals surface area contributed by atoms with E-state index in [1.54, 1.807) is 10.9 Å². The molecule has 0 spiro atoms. The minimum atomic E-state index is -0.0173. The van der Waals surface area contributed by atoms with Crippen molar-refractivity contribution in [3.8, 4) is 23.0 Å². The van der Waals surface area contributed by atoms with E-state index in [0.717, 1.165) is 51.4 Å². The van der Waals surface area contributed by atoms with Crippen LogP contribution in [0.4, 0.5) is 0 Å². The normalized spacial score (nSPS) is 17.2. The van der Waals surface area contributed by atoms with Crippen LogP contribution in [0.15, 0.2) is 12.3 Å². The van der Waals surface area contributed by atoms with Crippen molar-refractivity contribution in [3.05, 3.63) is 34.9 Å². The number of hydrogen-bond donors (Lipinski definition) is 2. The molecular weight excluding hydrogens is 472 g/mol. The van der Waals surface area contributed by atoms with Crippen LogP contribution in [0, 0.1) is 6.92 Å². The Morgan fingerprint density at radius 2 is 2.08 bits per heavy atom. The molecule has 11 nitrogen and oxygen atoms in total. The highest BCUT2D eigenvalue weighted by Crippen LogP contribution is 2.34. The quantitative estimate of drug-likeness (QED) is 0.424. The minimum Gasteiger partial charge on any atom is -0.476 e. The molecule has 0 aliphatic carbocycles. The van der Waals surface area contributed by atoms with Gasteiger partial charge in [0.25, 0.3) is 0 Å². The van der Waals surface area contributed by atoms with Gasteiger partial charge in [-0.05, 0) is 45.5 Å². The summed E-state index contributed by atoms with van der Waals surface area (Å²) in [6, 6.07) is 2.12. The molecule has 4 aromatic rings. The molecule has 1 atom stereocenters. The third kappa shape index (κ3) is 4.60. The van der Waals surface area contributed by atoms with Crippen LogP contribution < -0.4 is 9.47 Å². The van der Waals surface area contributed by atoms with Crippen molar-refractivity contribution in [2.45, 2.75) is 46.8 Å². The van der Waals surface area contributed by atoms with Gasteiger partial charge < -0.3 is 14.6 Å². The first-order chi connectivity index (χ1) is 17.9. The molecule has 11 heteroatoms. The summed E-state index contributed by atoms with van der Waals surface area (Å²) in [5.41, 5.74) is 5.98. The molecule has 0 saturated heterocycles. The summed E-state index contributed by atoms with van der Waals surface area (Å²) in [5, 5.41) is 27.6. The maximum atomic E-state index is 9.73. The molecule has 37 heavy (non-hydrogen) atoms. The van der Waals surface area contributed by atoms with Gasteiger partial charge in [0.05, 0.1) is 65.4 Å². The van der Waals surface area contributed by atoms with Crippen LogP contribution in [0.3, 0.4) is 0 Å². The minimum absolute atomic E-state index is 0.0173. The Labute approximate surface area is 215 Å². The van der Waals surface area contributed by atoms with Gasteiger partial charge in [0.1, 0.15) is 6.61 Å². The fourth-order valence-electron chi connectivity index (χ4n) is 4.88. The number of hydrogen-bond acceptors (Lipinski definition) is 8. The molecule has 0 unspecified atom stereocenters. The van der Waals surface area contributed by atoms with Crippen LogP contribution in [-0.2, 0) is 20.1 Å². The number of likely N-dealkylation sites (N-methyl/N-ethyl adjacent to an activating group) is 1. The largest absolute Gasteiger partial charge is 0.476 e. The van der Waals surface area contributed by atoms with E-state index in [1.165, 1.54) is 0 Å². The summed E-state index contributed by atoms with van der Waals surface area (Å²) in [5.74, 6) is 1.23. The standard InChI is InChI=1S/C26H34N8O3/c1-6-33-14-23-18(25(36-7-2)31-34(23)10-11-35)8-9-20-19-12-21(27-13-22(19)29-28-20)24-17(4)30-32(5)26(24)37-15-16(33)3/h8-9,12-13,16,35H,6-7,10-11,14-15H2,1-5H3,(H,28,29)/b9-8+/t16-/m0/s1. The van der Waals surface area contributed by atoms with E-state index in [1.807, 2.05) is 43.8 Å². The Morgan fingerprint density at radius 3 is 2.84 bits per heavy atom. The molecule has 2 N–H and O–H groups in total. The molecule has 0 radical (unpaired) electrons. The van der Waals surface area contributed by atoms with E-state index < -0.39 is 0 Å². The van der Waals surface area contributed by atoms with Crippen LogP contribution in [0.1, 0.15) is 43.4 Å². The summed E-state index contributed by atoms with van der Waals surface area (Å²) in [4.78, 5) is 7.02. The third-order valence-corrected chi connectivity index (χ3v) is 6.81. The lowest BCUT2D eigenvalue weighted by Gasteiger charge is -2.28. The van der Waals surface area contributed by atoms with Crippen LogP contribution in [0.5, 0.6) is 11.8 Å². The van der Waals surface area contributed by atoms with Gasteiger partial charge >= 0.3 is 0 Å². The summed E-state index contributed by atoms with van der Waals surface area (Å²) in [7, 11) is 1.89. The summed E-state index contributed by atoms with van der Waals surface area (Å²) >= 11 is 0. The van der Waals surface area contributed by atoms with Crippen molar-refractivity contribution in [1.82, 2.24) is 39.6 Å². The predicted octanol–water partition coefficient (Wildman–Crippen LogP) is 3.03. The highest BCUT2D eigenvalue weighted by Gasteiger charge is 2.25. The maximum Gasteiger partial charge on any atom is 0.240 e. The van der Waals surface area contributed by atoms with E-state index in [4.69, 9.17) is 14.5 Å². The summed E-state index contributed by atoms with van der Waals surface area (Å²) < 4.78 is 15.9. The number of fused-ring (bicyclic) bond motifs is 4. The van der Waals surface area contributed by atoms with E-state index in [2.05, 4.69) is 39.1 Å². The van der Waals surface area contributed by atoms with Crippen LogP contribution in [0.25, 0.3) is 34.3 Å². The Morgan fingerprint density at radius 1 is 1.24 bits per heavy atom. The Kier molecular flexibility index (Phi) is 6.98. The van der Waals surface area contributed by atoms with E-state index >= 15 is 0 Å². The van der Waals surface area contributed by atoms with Crippen molar-refractivity contribution in [3.63, 3.8) is 0 Å². The summed E-state index contributed by atoms with van der Waals surface area (Å²) in [6.07, 6.45) is 5.77. The number of aliphatic hydroxyl groups excluding tert-OH is 1. The van der Waals surface area contributed by atoms with E-state index in [-0.39, 0.29) is 12.6 Å². The number of ether oxygens (including phenoxy) is 2. The van der Waals surface area contributed by atoms with Gasteiger partial charge in [-0.3, -0.25) is 19.7 Å². The number of aromatic amines is 1. The van der Waals surface area contributed by atoms with Gasteiger partial charge in [-0.2, -0.15) is 10.2 Å². The van der Waals surface area contributed by atoms with Crippen LogP contribution in [0.2, 0.25) is 0 Å². The number of pyridine rings is 1. The SMILES string of the molecule is CCOc1nn(CCO)c2c1/C=C/c1n[nH]c3cnc(cc13)-c1c(C)nn(C)c1OC[C@H](C)N(CC)C2. The second-order valence-corrected chi connectivity index (χ2v) is 9.21. The molecule has 2 bridgehead atoms. The van der Waals surface area contributed by atoms with Crippen molar-refractivity contribution >= 4 is 23.1 Å². The van der Waals surface area contributed by atoms with Crippen molar-refractivity contribution in [2.24, 2.45) is 7.05 Å². The van der Waals surface area contributed by atoms with Crippen molar-refractivity contribution in [2.75, 3.05) is 26.4 Å². The van der Waals surface area contributed by atoms with Crippen LogP contribution >= 0.6 is 0 Å². The molecule has 196 valence electrons. The monoisotopic (exact) mass is 506 g/mol. The van der Waals surface area contributed by atoms with Gasteiger partial charge in [0.15, 0.2) is 0 Å². The highest BCUT2D eigenvalue weighted by molar-refractivity contribution is 5.92. The molecule has 5 heterocycles. The van der Waals surface area contributed by atoms with Gasteiger partial charge in [-0.1, -0.05) is 6.92 Å². The fraction of sp³-hybridized carbons (Fsp3) is 0.462. The number of aliphatic hydroxyl groups is 1. The zero-order valence-electron chi connectivity index (χ0n) is 22.0.